The van der Waals surface area contributed by atoms with Crippen molar-refractivity contribution in [2.24, 2.45) is 0 Å². The minimum absolute atomic E-state index is 0.0817. The average molecular weight is 538 g/mol. The third-order valence-electron chi connectivity index (χ3n) is 7.08. The van der Waals surface area contributed by atoms with Gasteiger partial charge in [-0.25, -0.2) is 13.8 Å². The monoisotopic (exact) mass is 537 g/mol. The first-order chi connectivity index (χ1) is 18.8. The molecule has 3 aromatic rings. The Morgan fingerprint density at radius 3 is 2.64 bits per heavy atom. The molecule has 39 heavy (non-hydrogen) atoms. The number of hydrogen-bond donors (Lipinski definition) is 3. The van der Waals surface area contributed by atoms with Crippen molar-refractivity contribution >= 4 is 18.1 Å². The molecule has 2 amide bonds. The standard InChI is InChI=1S/C29H33F2N5O3/c1-18-8-6-7-13-36(18)27(38)15-24(34-26(17-37)20-9-4-3-5-10-20)29(39)33-19(2)28-32-16-25(35-28)22-12-11-21(30)14-23(22)31/h3-5,9-12,14,16-19,24,26,34H,6-8,13,15H2,1-2H3,(H,32,35)(H,33,39)/t18?,19-,24?,26?/m0/s1. The number of nitrogens with one attached hydrogen (secondary N) is 3. The number of rotatable bonds is 10. The Kier molecular flexibility index (Phi) is 9.19. The second-order valence-corrected chi connectivity index (χ2v) is 9.92. The van der Waals surface area contributed by atoms with E-state index in [0.717, 1.165) is 31.4 Å². The lowest BCUT2D eigenvalue weighted by Crippen LogP contribution is -2.51. The van der Waals surface area contributed by atoms with Crippen LogP contribution in [0.1, 0.15) is 63.0 Å². The van der Waals surface area contributed by atoms with Gasteiger partial charge in [-0.15, -0.1) is 0 Å². The van der Waals surface area contributed by atoms with Crippen LogP contribution < -0.4 is 10.6 Å². The molecule has 10 heteroatoms. The molecule has 0 aliphatic carbocycles. The van der Waals surface area contributed by atoms with Gasteiger partial charge in [0.1, 0.15) is 23.7 Å². The minimum Gasteiger partial charge on any atom is -0.345 e. The Bertz CT molecular complexity index is 1300. The summed E-state index contributed by atoms with van der Waals surface area (Å²) in [4.78, 5) is 47.7. The number of aromatic nitrogens is 2. The van der Waals surface area contributed by atoms with Crippen molar-refractivity contribution in [3.8, 4) is 11.3 Å². The van der Waals surface area contributed by atoms with Crippen LogP contribution in [0.15, 0.2) is 54.7 Å². The molecule has 1 aromatic heterocycles. The SMILES string of the molecule is CC1CCCCN1C(=O)CC(NC(C=O)c1ccccc1)C(=O)N[C@@H](C)c1ncc(-c2ccc(F)cc2F)[nH]1. The van der Waals surface area contributed by atoms with Crippen molar-refractivity contribution in [1.82, 2.24) is 25.5 Å². The molecule has 1 aliphatic heterocycles. The zero-order chi connectivity index (χ0) is 27.9. The number of carbonyl (C=O) groups excluding carboxylic acids is 3. The van der Waals surface area contributed by atoms with Gasteiger partial charge in [0.25, 0.3) is 0 Å². The Balaban J connectivity index is 1.51. The van der Waals surface area contributed by atoms with Crippen molar-refractivity contribution in [3.05, 3.63) is 77.8 Å². The molecular weight excluding hydrogens is 504 g/mol. The lowest BCUT2D eigenvalue weighted by molar-refractivity contribution is -0.138. The maximum atomic E-state index is 14.2. The lowest BCUT2D eigenvalue weighted by Gasteiger charge is -2.34. The van der Waals surface area contributed by atoms with E-state index in [4.69, 9.17) is 0 Å². The van der Waals surface area contributed by atoms with Gasteiger partial charge in [0.05, 0.1) is 36.4 Å². The summed E-state index contributed by atoms with van der Waals surface area (Å²) in [5.74, 6) is -1.71. The third kappa shape index (κ3) is 6.94. The third-order valence-corrected chi connectivity index (χ3v) is 7.08. The summed E-state index contributed by atoms with van der Waals surface area (Å²) in [5, 5.41) is 5.91. The number of halogens is 2. The highest BCUT2D eigenvalue weighted by molar-refractivity contribution is 5.89. The minimum atomic E-state index is -0.992. The zero-order valence-electron chi connectivity index (χ0n) is 22.0. The van der Waals surface area contributed by atoms with E-state index in [1.54, 1.807) is 36.1 Å². The predicted octanol–water partition coefficient (Wildman–Crippen LogP) is 4.22. The van der Waals surface area contributed by atoms with Crippen molar-refractivity contribution < 1.29 is 23.2 Å². The van der Waals surface area contributed by atoms with Gasteiger partial charge in [-0.1, -0.05) is 30.3 Å². The molecule has 2 heterocycles. The second-order valence-electron chi connectivity index (χ2n) is 9.92. The number of likely N-dealkylation sites (tertiary alicyclic amines) is 1. The molecule has 0 radical (unpaired) electrons. The topological polar surface area (TPSA) is 107 Å². The summed E-state index contributed by atoms with van der Waals surface area (Å²) >= 11 is 0. The molecule has 0 bridgehead atoms. The molecular formula is C29H33F2N5O3. The molecule has 3 N–H and O–H groups in total. The smallest absolute Gasteiger partial charge is 0.238 e. The van der Waals surface area contributed by atoms with Crippen LogP contribution in [0, 0.1) is 11.6 Å². The summed E-state index contributed by atoms with van der Waals surface area (Å²) in [7, 11) is 0. The number of nitrogens with zero attached hydrogens (tertiary/aromatic N) is 2. The number of H-pyrrole nitrogens is 1. The fraction of sp³-hybridized carbons (Fsp3) is 0.379. The van der Waals surface area contributed by atoms with Crippen LogP contribution in [0.2, 0.25) is 0 Å². The van der Waals surface area contributed by atoms with Crippen LogP contribution in [-0.2, 0) is 14.4 Å². The number of carbonyl (C=O) groups is 3. The van der Waals surface area contributed by atoms with E-state index < -0.39 is 35.7 Å². The van der Waals surface area contributed by atoms with E-state index in [1.807, 2.05) is 13.0 Å². The molecule has 0 saturated carbocycles. The maximum Gasteiger partial charge on any atom is 0.238 e. The normalized spacial score (nSPS) is 17.7. The number of piperidine rings is 1. The highest BCUT2D eigenvalue weighted by Crippen LogP contribution is 2.24. The summed E-state index contributed by atoms with van der Waals surface area (Å²) in [6.45, 7) is 4.33. The van der Waals surface area contributed by atoms with E-state index in [9.17, 15) is 23.2 Å². The van der Waals surface area contributed by atoms with Crippen LogP contribution in [0.3, 0.4) is 0 Å². The zero-order valence-corrected chi connectivity index (χ0v) is 22.0. The van der Waals surface area contributed by atoms with Gasteiger partial charge in [-0.2, -0.15) is 0 Å². The number of amides is 2. The van der Waals surface area contributed by atoms with Crippen LogP contribution in [0.4, 0.5) is 8.78 Å². The lowest BCUT2D eigenvalue weighted by atomic mass is 10.0. The van der Waals surface area contributed by atoms with Crippen LogP contribution in [-0.4, -0.2) is 51.6 Å². The van der Waals surface area contributed by atoms with Gasteiger partial charge in [0.2, 0.25) is 11.8 Å². The largest absolute Gasteiger partial charge is 0.345 e. The van der Waals surface area contributed by atoms with Crippen molar-refractivity contribution in [3.63, 3.8) is 0 Å². The van der Waals surface area contributed by atoms with Gasteiger partial charge in [0.15, 0.2) is 0 Å². The highest BCUT2D eigenvalue weighted by atomic mass is 19.1. The van der Waals surface area contributed by atoms with Gasteiger partial charge in [-0.05, 0) is 50.8 Å². The van der Waals surface area contributed by atoms with E-state index in [-0.39, 0.29) is 23.9 Å². The van der Waals surface area contributed by atoms with Crippen LogP contribution >= 0.6 is 0 Å². The van der Waals surface area contributed by atoms with Crippen molar-refractivity contribution in [2.75, 3.05) is 6.54 Å². The molecule has 0 spiro atoms. The number of aromatic amines is 1. The number of hydrogen-bond acceptors (Lipinski definition) is 5. The molecule has 1 fully saturated rings. The van der Waals surface area contributed by atoms with Gasteiger partial charge in [0, 0.05) is 24.2 Å². The summed E-state index contributed by atoms with van der Waals surface area (Å²) in [6, 6.07) is 9.88. The fourth-order valence-corrected chi connectivity index (χ4v) is 4.86. The fourth-order valence-electron chi connectivity index (χ4n) is 4.86. The quantitative estimate of drug-likeness (QED) is 0.336. The molecule has 8 nitrogen and oxygen atoms in total. The maximum absolute atomic E-state index is 14.2. The van der Waals surface area contributed by atoms with Crippen LogP contribution in [0.5, 0.6) is 0 Å². The molecule has 1 aliphatic rings. The molecule has 206 valence electrons. The van der Waals surface area contributed by atoms with E-state index >= 15 is 0 Å². The van der Waals surface area contributed by atoms with Gasteiger partial charge < -0.3 is 20.0 Å². The molecule has 4 atom stereocenters. The van der Waals surface area contributed by atoms with Gasteiger partial charge in [-0.3, -0.25) is 14.9 Å². The van der Waals surface area contributed by atoms with E-state index in [0.29, 0.717) is 29.9 Å². The van der Waals surface area contributed by atoms with E-state index in [1.165, 1.54) is 12.3 Å². The second kappa shape index (κ2) is 12.8. The average Bonchev–Trinajstić information content (AvgIpc) is 3.42. The highest BCUT2D eigenvalue weighted by Gasteiger charge is 2.31. The Morgan fingerprint density at radius 1 is 1.18 bits per heavy atom. The molecule has 4 rings (SSSR count). The molecule has 2 aromatic carbocycles. The Hall–Kier alpha value is -3.92. The Morgan fingerprint density at radius 2 is 1.95 bits per heavy atom. The first-order valence-corrected chi connectivity index (χ1v) is 13.1. The van der Waals surface area contributed by atoms with Gasteiger partial charge >= 0.3 is 0 Å². The number of benzene rings is 2. The number of imidazole rings is 1. The summed E-state index contributed by atoms with van der Waals surface area (Å²) in [6.07, 6.45) is 4.87. The molecule has 1 saturated heterocycles. The van der Waals surface area contributed by atoms with Crippen LogP contribution in [0.25, 0.3) is 11.3 Å². The summed E-state index contributed by atoms with van der Waals surface area (Å²) in [5.41, 5.74) is 1.15. The predicted molar refractivity (Wildman–Crippen MR) is 142 cm³/mol. The van der Waals surface area contributed by atoms with Crippen molar-refractivity contribution in [2.45, 2.75) is 63.7 Å². The summed E-state index contributed by atoms with van der Waals surface area (Å²) < 4.78 is 27.5. The van der Waals surface area contributed by atoms with Crippen molar-refractivity contribution in [1.29, 1.82) is 0 Å². The first-order valence-electron chi connectivity index (χ1n) is 13.1. The first kappa shape index (κ1) is 28.1. The van der Waals surface area contributed by atoms with E-state index in [2.05, 4.69) is 20.6 Å². The Labute approximate surface area is 226 Å². The number of aldehydes is 1. The molecule has 3 unspecified atom stereocenters.